The van der Waals surface area contributed by atoms with Gasteiger partial charge in [0, 0.05) is 25.7 Å². The summed E-state index contributed by atoms with van der Waals surface area (Å²) in [4.78, 5) is 2.45. The molecule has 0 unspecified atom stereocenters. The van der Waals surface area contributed by atoms with Crippen molar-refractivity contribution in [2.75, 3.05) is 27.3 Å². The van der Waals surface area contributed by atoms with Gasteiger partial charge in [0.05, 0.1) is 14.2 Å². The fourth-order valence-corrected chi connectivity index (χ4v) is 3.36. The summed E-state index contributed by atoms with van der Waals surface area (Å²) in [5, 5.41) is 0. The van der Waals surface area contributed by atoms with Crippen molar-refractivity contribution in [2.45, 2.75) is 19.0 Å². The van der Waals surface area contributed by atoms with E-state index < -0.39 is 0 Å². The number of hydrogen-bond acceptors (Lipinski definition) is 4. The van der Waals surface area contributed by atoms with Crippen LogP contribution >= 0.6 is 0 Å². The summed E-state index contributed by atoms with van der Waals surface area (Å²) in [6.07, 6.45) is 0.999. The summed E-state index contributed by atoms with van der Waals surface area (Å²) in [5.74, 6) is 1.56. The first-order chi connectivity index (χ1) is 11.3. The van der Waals surface area contributed by atoms with Crippen molar-refractivity contribution in [3.63, 3.8) is 0 Å². The first-order valence-corrected chi connectivity index (χ1v) is 7.99. The molecule has 1 aliphatic heterocycles. The lowest BCUT2D eigenvalue weighted by atomic mass is 9.91. The van der Waals surface area contributed by atoms with Crippen LogP contribution in [0, 0.1) is 0 Å². The third kappa shape index (κ3) is 3.19. The van der Waals surface area contributed by atoms with Crippen LogP contribution in [0.1, 0.15) is 22.7 Å². The van der Waals surface area contributed by atoms with Crippen LogP contribution in [0.4, 0.5) is 0 Å². The van der Waals surface area contributed by atoms with E-state index in [1.807, 2.05) is 6.07 Å². The summed E-state index contributed by atoms with van der Waals surface area (Å²) in [6, 6.07) is 14.9. The highest BCUT2D eigenvalue weighted by atomic mass is 16.5. The zero-order valence-electron chi connectivity index (χ0n) is 13.8. The Kier molecular flexibility index (Phi) is 4.84. The average Bonchev–Trinajstić information content (AvgIpc) is 2.61. The smallest absolute Gasteiger partial charge is 0.161 e. The van der Waals surface area contributed by atoms with Gasteiger partial charge in [-0.05, 0) is 35.2 Å². The van der Waals surface area contributed by atoms with Crippen molar-refractivity contribution >= 4 is 0 Å². The Balaban J connectivity index is 1.91. The molecule has 0 spiro atoms. The van der Waals surface area contributed by atoms with E-state index in [1.165, 1.54) is 16.7 Å². The molecule has 0 bridgehead atoms. The van der Waals surface area contributed by atoms with Gasteiger partial charge < -0.3 is 15.2 Å². The molecule has 1 heterocycles. The zero-order valence-corrected chi connectivity index (χ0v) is 13.8. The maximum atomic E-state index is 6.11. The summed E-state index contributed by atoms with van der Waals surface area (Å²) >= 11 is 0. The maximum absolute atomic E-state index is 6.11. The summed E-state index contributed by atoms with van der Waals surface area (Å²) < 4.78 is 10.9. The largest absolute Gasteiger partial charge is 0.493 e. The van der Waals surface area contributed by atoms with Crippen molar-refractivity contribution in [3.05, 3.63) is 59.2 Å². The summed E-state index contributed by atoms with van der Waals surface area (Å²) in [5.41, 5.74) is 9.99. The second-order valence-corrected chi connectivity index (χ2v) is 5.86. The number of nitrogens with zero attached hydrogens (tertiary/aromatic N) is 1. The molecule has 2 aromatic rings. The third-order valence-corrected chi connectivity index (χ3v) is 4.57. The SMILES string of the molecule is COc1cc2c(cc1OC)[C@@H](CN)N(Cc1ccccc1)CC2. The lowest BCUT2D eigenvalue weighted by Gasteiger charge is -2.37. The van der Waals surface area contributed by atoms with Gasteiger partial charge >= 0.3 is 0 Å². The monoisotopic (exact) mass is 312 g/mol. The number of nitrogens with two attached hydrogens (primary N) is 1. The fraction of sp³-hybridized carbons (Fsp3) is 0.368. The minimum Gasteiger partial charge on any atom is -0.493 e. The van der Waals surface area contributed by atoms with Crippen molar-refractivity contribution < 1.29 is 9.47 Å². The molecule has 4 nitrogen and oxygen atoms in total. The van der Waals surface area contributed by atoms with Crippen LogP contribution in [-0.4, -0.2) is 32.2 Å². The van der Waals surface area contributed by atoms with Crippen LogP contribution in [0.5, 0.6) is 11.5 Å². The normalized spacial score (nSPS) is 17.6. The standard InChI is InChI=1S/C19H24N2O2/c1-22-18-10-15-8-9-21(13-14-6-4-3-5-7-14)17(12-20)16(15)11-19(18)23-2/h3-7,10-11,17H,8-9,12-13,20H2,1-2H3/t17-/m1/s1. The predicted octanol–water partition coefficient (Wildman–Crippen LogP) is 2.76. The molecule has 0 fully saturated rings. The molecule has 0 radical (unpaired) electrons. The number of methoxy groups -OCH3 is 2. The first-order valence-electron chi connectivity index (χ1n) is 7.99. The van der Waals surface area contributed by atoms with Gasteiger partial charge in [0.15, 0.2) is 11.5 Å². The van der Waals surface area contributed by atoms with Crippen molar-refractivity contribution in [1.82, 2.24) is 4.90 Å². The Morgan fingerprint density at radius 3 is 2.43 bits per heavy atom. The minimum atomic E-state index is 0.207. The van der Waals surface area contributed by atoms with Crippen LogP contribution in [0.2, 0.25) is 0 Å². The molecule has 1 aliphatic rings. The Morgan fingerprint density at radius 2 is 1.78 bits per heavy atom. The molecule has 1 atom stereocenters. The highest BCUT2D eigenvalue weighted by molar-refractivity contribution is 5.49. The predicted molar refractivity (Wildman–Crippen MR) is 91.9 cm³/mol. The fourth-order valence-electron chi connectivity index (χ4n) is 3.36. The highest BCUT2D eigenvalue weighted by Gasteiger charge is 2.28. The van der Waals surface area contributed by atoms with E-state index in [9.17, 15) is 0 Å². The molecule has 4 heteroatoms. The maximum Gasteiger partial charge on any atom is 0.161 e. The third-order valence-electron chi connectivity index (χ3n) is 4.57. The van der Waals surface area contributed by atoms with Crippen LogP contribution in [0.25, 0.3) is 0 Å². The average molecular weight is 312 g/mol. The second kappa shape index (κ2) is 7.02. The molecule has 0 amide bonds. The molecule has 0 aliphatic carbocycles. The molecule has 3 rings (SSSR count). The van der Waals surface area contributed by atoms with Crippen molar-refractivity contribution in [3.8, 4) is 11.5 Å². The van der Waals surface area contributed by atoms with Gasteiger partial charge in [-0.15, -0.1) is 0 Å². The van der Waals surface area contributed by atoms with Gasteiger partial charge in [-0.25, -0.2) is 0 Å². The quantitative estimate of drug-likeness (QED) is 0.922. The van der Waals surface area contributed by atoms with Crippen LogP contribution in [0.15, 0.2) is 42.5 Å². The van der Waals surface area contributed by atoms with Crippen LogP contribution in [0.3, 0.4) is 0 Å². The Hall–Kier alpha value is -2.04. The molecular weight excluding hydrogens is 288 g/mol. The molecule has 122 valence electrons. The second-order valence-electron chi connectivity index (χ2n) is 5.86. The van der Waals surface area contributed by atoms with Gasteiger partial charge in [0.2, 0.25) is 0 Å². The van der Waals surface area contributed by atoms with Crippen LogP contribution in [-0.2, 0) is 13.0 Å². The lowest BCUT2D eigenvalue weighted by Crippen LogP contribution is -2.38. The molecule has 2 N–H and O–H groups in total. The summed E-state index contributed by atoms with van der Waals surface area (Å²) in [6.45, 7) is 2.51. The van der Waals surface area contributed by atoms with E-state index in [-0.39, 0.29) is 6.04 Å². The Bertz CT molecular complexity index is 658. The van der Waals surface area contributed by atoms with E-state index in [0.717, 1.165) is 31.0 Å². The van der Waals surface area contributed by atoms with Crippen molar-refractivity contribution in [2.24, 2.45) is 5.73 Å². The van der Waals surface area contributed by atoms with Gasteiger partial charge in [-0.3, -0.25) is 4.90 Å². The number of fused-ring (bicyclic) bond motifs is 1. The topological polar surface area (TPSA) is 47.7 Å². The molecule has 0 saturated heterocycles. The molecule has 0 saturated carbocycles. The molecule has 23 heavy (non-hydrogen) atoms. The lowest BCUT2D eigenvalue weighted by molar-refractivity contribution is 0.180. The van der Waals surface area contributed by atoms with E-state index in [1.54, 1.807) is 14.2 Å². The summed E-state index contributed by atoms with van der Waals surface area (Å²) in [7, 11) is 3.35. The van der Waals surface area contributed by atoms with Crippen LogP contribution < -0.4 is 15.2 Å². The zero-order chi connectivity index (χ0) is 16.2. The van der Waals surface area contributed by atoms with Gasteiger partial charge in [-0.2, -0.15) is 0 Å². The number of benzene rings is 2. The first kappa shape index (κ1) is 15.8. The Morgan fingerprint density at radius 1 is 1.09 bits per heavy atom. The minimum absolute atomic E-state index is 0.207. The number of ether oxygens (including phenoxy) is 2. The van der Waals surface area contributed by atoms with Gasteiger partial charge in [0.1, 0.15) is 0 Å². The van der Waals surface area contributed by atoms with Gasteiger partial charge in [0.25, 0.3) is 0 Å². The van der Waals surface area contributed by atoms with Gasteiger partial charge in [-0.1, -0.05) is 30.3 Å². The molecule has 2 aromatic carbocycles. The van der Waals surface area contributed by atoms with E-state index in [0.29, 0.717) is 6.54 Å². The number of rotatable bonds is 5. The molecular formula is C19H24N2O2. The van der Waals surface area contributed by atoms with E-state index in [2.05, 4.69) is 41.3 Å². The number of hydrogen-bond donors (Lipinski definition) is 1. The highest BCUT2D eigenvalue weighted by Crippen LogP contribution is 2.38. The van der Waals surface area contributed by atoms with Crippen molar-refractivity contribution in [1.29, 1.82) is 0 Å². The van der Waals surface area contributed by atoms with E-state index in [4.69, 9.17) is 15.2 Å². The van der Waals surface area contributed by atoms with E-state index >= 15 is 0 Å². The Labute approximate surface area is 137 Å². The molecule has 0 aromatic heterocycles.